The van der Waals surface area contributed by atoms with Gasteiger partial charge in [-0.3, -0.25) is 14.5 Å². The molecule has 5 rings (SSSR count). The lowest BCUT2D eigenvalue weighted by molar-refractivity contribution is 0.0971. The van der Waals surface area contributed by atoms with Crippen molar-refractivity contribution >= 4 is 34.2 Å². The molecule has 142 valence electrons. The molecule has 1 aliphatic rings. The van der Waals surface area contributed by atoms with Crippen LogP contribution in [0, 0.1) is 6.92 Å². The van der Waals surface area contributed by atoms with Gasteiger partial charge in [0.1, 0.15) is 5.58 Å². The third-order valence-corrected chi connectivity index (χ3v) is 5.49. The van der Waals surface area contributed by atoms with E-state index in [1.54, 1.807) is 23.1 Å². The van der Waals surface area contributed by atoms with Crippen LogP contribution in [0.25, 0.3) is 11.0 Å². The highest BCUT2D eigenvalue weighted by Crippen LogP contribution is 2.41. The topological polar surface area (TPSA) is 50.5 Å². The molecule has 0 fully saturated rings. The molecule has 1 atom stereocenters. The summed E-state index contributed by atoms with van der Waals surface area (Å²) in [5.74, 6) is -0.245. The number of rotatable bonds is 2. The minimum absolute atomic E-state index is 0.0826. The fraction of sp³-hybridized carbons (Fsp3) is 0.0833. The molecule has 0 saturated carbocycles. The first-order valence-electron chi connectivity index (χ1n) is 9.26. The van der Waals surface area contributed by atoms with Crippen molar-refractivity contribution in [2.45, 2.75) is 13.0 Å². The molecular formula is C24H16ClNO3. The molecule has 1 amide bonds. The van der Waals surface area contributed by atoms with E-state index in [0.29, 0.717) is 27.2 Å². The maximum absolute atomic E-state index is 13.4. The van der Waals surface area contributed by atoms with Crippen LogP contribution in [-0.4, -0.2) is 5.91 Å². The van der Waals surface area contributed by atoms with Crippen LogP contribution in [0.3, 0.4) is 0 Å². The largest absolute Gasteiger partial charge is 0.450 e. The number of carbonyl (C=O) groups is 1. The van der Waals surface area contributed by atoms with Crippen LogP contribution >= 0.6 is 11.6 Å². The number of benzene rings is 3. The Balaban J connectivity index is 1.82. The summed E-state index contributed by atoms with van der Waals surface area (Å²) in [5, 5.41) is 0.816. The predicted octanol–water partition coefficient (Wildman–Crippen LogP) is 5.50. The summed E-state index contributed by atoms with van der Waals surface area (Å²) in [4.78, 5) is 28.5. The quantitative estimate of drug-likeness (QED) is 0.445. The van der Waals surface area contributed by atoms with Gasteiger partial charge < -0.3 is 4.42 Å². The lowest BCUT2D eigenvalue weighted by Gasteiger charge is -2.25. The molecule has 0 bridgehead atoms. The third-order valence-electron chi connectivity index (χ3n) is 5.26. The Morgan fingerprint density at radius 2 is 1.66 bits per heavy atom. The van der Waals surface area contributed by atoms with Crippen molar-refractivity contribution in [3.63, 3.8) is 0 Å². The second kappa shape index (κ2) is 6.61. The summed E-state index contributed by atoms with van der Waals surface area (Å²) in [5.41, 5.74) is 3.10. The van der Waals surface area contributed by atoms with Crippen LogP contribution in [-0.2, 0) is 0 Å². The maximum Gasteiger partial charge on any atom is 0.295 e. The van der Waals surface area contributed by atoms with Gasteiger partial charge >= 0.3 is 0 Å². The lowest BCUT2D eigenvalue weighted by atomic mass is 9.98. The van der Waals surface area contributed by atoms with Gasteiger partial charge in [-0.1, -0.05) is 59.6 Å². The zero-order chi connectivity index (χ0) is 20.1. The molecule has 0 radical (unpaired) electrons. The number of halogens is 1. The van der Waals surface area contributed by atoms with Gasteiger partial charge in [0.25, 0.3) is 5.91 Å². The Kier molecular flexibility index (Phi) is 4.03. The van der Waals surface area contributed by atoms with Crippen LogP contribution in [0.2, 0.25) is 5.02 Å². The molecule has 5 heteroatoms. The molecule has 29 heavy (non-hydrogen) atoms. The molecule has 0 spiro atoms. The van der Waals surface area contributed by atoms with Gasteiger partial charge in [-0.05, 0) is 42.8 Å². The molecule has 1 aliphatic heterocycles. The maximum atomic E-state index is 13.4. The smallest absolute Gasteiger partial charge is 0.295 e. The van der Waals surface area contributed by atoms with E-state index in [0.717, 1.165) is 11.1 Å². The molecule has 3 aromatic carbocycles. The Morgan fingerprint density at radius 1 is 0.931 bits per heavy atom. The number of nitrogens with zero attached hydrogens (tertiary/aromatic N) is 1. The standard InChI is InChI=1S/C24H16ClNO3/c1-14-7-10-17(11-8-14)26-21(15-5-3-2-4-6-15)20-22(27)18-13-16(25)9-12-19(18)29-23(20)24(26)28/h2-13,21H,1H3. The van der Waals surface area contributed by atoms with E-state index in [4.69, 9.17) is 16.0 Å². The van der Waals surface area contributed by atoms with Crippen LogP contribution in [0.4, 0.5) is 5.69 Å². The fourth-order valence-corrected chi connectivity index (χ4v) is 4.04. The Labute approximate surface area is 172 Å². The number of fused-ring (bicyclic) bond motifs is 2. The lowest BCUT2D eigenvalue weighted by Crippen LogP contribution is -2.29. The average molecular weight is 402 g/mol. The van der Waals surface area contributed by atoms with Gasteiger partial charge in [0.15, 0.2) is 5.43 Å². The first-order chi connectivity index (χ1) is 14.0. The van der Waals surface area contributed by atoms with E-state index in [1.807, 2.05) is 61.5 Å². The van der Waals surface area contributed by atoms with Gasteiger partial charge in [0, 0.05) is 10.7 Å². The molecule has 4 aromatic rings. The highest BCUT2D eigenvalue weighted by atomic mass is 35.5. The van der Waals surface area contributed by atoms with Crippen molar-refractivity contribution in [1.82, 2.24) is 0 Å². The summed E-state index contributed by atoms with van der Waals surface area (Å²) in [7, 11) is 0. The van der Waals surface area contributed by atoms with E-state index in [1.165, 1.54) is 0 Å². The van der Waals surface area contributed by atoms with E-state index < -0.39 is 6.04 Å². The van der Waals surface area contributed by atoms with Crippen LogP contribution in [0.15, 0.2) is 82.0 Å². The second-order valence-corrected chi connectivity index (χ2v) is 7.57. The van der Waals surface area contributed by atoms with Gasteiger partial charge in [-0.2, -0.15) is 0 Å². The molecule has 0 saturated heterocycles. The highest BCUT2D eigenvalue weighted by molar-refractivity contribution is 6.31. The summed E-state index contributed by atoms with van der Waals surface area (Å²) in [6, 6.07) is 21.5. The van der Waals surface area contributed by atoms with Gasteiger partial charge in [-0.25, -0.2) is 0 Å². The van der Waals surface area contributed by atoms with Crippen molar-refractivity contribution in [2.24, 2.45) is 0 Å². The zero-order valence-corrected chi connectivity index (χ0v) is 16.3. The number of aryl methyl sites for hydroxylation is 1. The van der Waals surface area contributed by atoms with Crippen molar-refractivity contribution in [3.05, 3.63) is 110 Å². The van der Waals surface area contributed by atoms with E-state index in [-0.39, 0.29) is 17.1 Å². The van der Waals surface area contributed by atoms with E-state index >= 15 is 0 Å². The second-order valence-electron chi connectivity index (χ2n) is 7.14. The number of anilines is 1. The number of hydrogen-bond donors (Lipinski definition) is 0. The summed E-state index contributed by atoms with van der Waals surface area (Å²) in [6.45, 7) is 1.99. The number of amides is 1. The SMILES string of the molecule is Cc1ccc(N2C(=O)c3oc4ccc(Cl)cc4c(=O)c3C2c2ccccc2)cc1. The minimum Gasteiger partial charge on any atom is -0.450 e. The summed E-state index contributed by atoms with van der Waals surface area (Å²) in [6.07, 6.45) is 0. The molecule has 4 nitrogen and oxygen atoms in total. The summed E-state index contributed by atoms with van der Waals surface area (Å²) >= 11 is 6.11. The zero-order valence-electron chi connectivity index (χ0n) is 15.6. The molecule has 0 N–H and O–H groups in total. The van der Waals surface area contributed by atoms with Gasteiger partial charge in [0.2, 0.25) is 5.76 Å². The Hall–Kier alpha value is -3.37. The van der Waals surface area contributed by atoms with Crippen LogP contribution in [0.5, 0.6) is 0 Å². The minimum atomic E-state index is -0.568. The molecule has 1 unspecified atom stereocenters. The molecule has 0 aliphatic carbocycles. The highest BCUT2D eigenvalue weighted by Gasteiger charge is 2.43. The monoisotopic (exact) mass is 401 g/mol. The van der Waals surface area contributed by atoms with Crippen molar-refractivity contribution in [2.75, 3.05) is 4.90 Å². The first-order valence-corrected chi connectivity index (χ1v) is 9.64. The first kappa shape index (κ1) is 17.7. The number of hydrogen-bond acceptors (Lipinski definition) is 3. The van der Waals surface area contributed by atoms with Crippen molar-refractivity contribution < 1.29 is 9.21 Å². The van der Waals surface area contributed by atoms with Crippen molar-refractivity contribution in [1.29, 1.82) is 0 Å². The van der Waals surface area contributed by atoms with Crippen molar-refractivity contribution in [3.8, 4) is 0 Å². The van der Waals surface area contributed by atoms with E-state index in [2.05, 4.69) is 0 Å². The predicted molar refractivity (Wildman–Crippen MR) is 114 cm³/mol. The fourth-order valence-electron chi connectivity index (χ4n) is 3.87. The van der Waals surface area contributed by atoms with Gasteiger partial charge in [0.05, 0.1) is 17.0 Å². The number of carbonyl (C=O) groups excluding carboxylic acids is 1. The molecular weight excluding hydrogens is 386 g/mol. The normalized spacial score (nSPS) is 15.7. The third kappa shape index (κ3) is 2.76. The molecule has 2 heterocycles. The van der Waals surface area contributed by atoms with Gasteiger partial charge in [-0.15, -0.1) is 0 Å². The summed E-state index contributed by atoms with van der Waals surface area (Å²) < 4.78 is 5.93. The Morgan fingerprint density at radius 3 is 2.38 bits per heavy atom. The van der Waals surface area contributed by atoms with Crippen LogP contribution < -0.4 is 10.3 Å². The Bertz CT molecular complexity index is 1310. The molecule has 1 aromatic heterocycles. The van der Waals surface area contributed by atoms with Crippen LogP contribution in [0.1, 0.15) is 33.3 Å². The average Bonchev–Trinajstić information content (AvgIpc) is 3.03. The van der Waals surface area contributed by atoms with E-state index in [9.17, 15) is 9.59 Å².